The summed E-state index contributed by atoms with van der Waals surface area (Å²) in [6, 6.07) is 8.91. The van der Waals surface area contributed by atoms with Crippen LogP contribution in [0.3, 0.4) is 0 Å². The van der Waals surface area contributed by atoms with Crippen molar-refractivity contribution >= 4 is 16.6 Å². The molecule has 4 rings (SSSR count). The Morgan fingerprint density at radius 3 is 2.68 bits per heavy atom. The van der Waals surface area contributed by atoms with Crippen LogP contribution in [0.2, 0.25) is 0 Å². The quantitative estimate of drug-likeness (QED) is 0.861. The Balaban J connectivity index is 1.70. The third-order valence-corrected chi connectivity index (χ3v) is 4.85. The topological polar surface area (TPSA) is 25.4 Å². The van der Waals surface area contributed by atoms with Crippen molar-refractivity contribution in [3.63, 3.8) is 0 Å². The Morgan fingerprint density at radius 1 is 1.18 bits per heavy atom. The molecule has 0 saturated carbocycles. The van der Waals surface area contributed by atoms with Gasteiger partial charge in [-0.25, -0.2) is 0 Å². The molecule has 0 spiro atoms. The molecule has 2 saturated heterocycles. The van der Waals surface area contributed by atoms with E-state index in [2.05, 4.69) is 48.0 Å². The number of rotatable bonds is 3. The van der Waals surface area contributed by atoms with Gasteiger partial charge in [0.2, 0.25) is 0 Å². The number of hydrogen-bond donors (Lipinski definition) is 0. The van der Waals surface area contributed by atoms with E-state index in [1.807, 2.05) is 6.20 Å². The first-order valence-electron chi connectivity index (χ1n) is 8.47. The van der Waals surface area contributed by atoms with Crippen molar-refractivity contribution in [3.8, 4) is 0 Å². The lowest BCUT2D eigenvalue weighted by Crippen LogP contribution is -2.42. The average molecular weight is 296 g/mol. The predicted molar refractivity (Wildman–Crippen MR) is 90.4 cm³/mol. The zero-order chi connectivity index (χ0) is 15.1. The zero-order valence-corrected chi connectivity index (χ0v) is 13.5. The molecule has 0 amide bonds. The van der Waals surface area contributed by atoms with Crippen LogP contribution < -0.4 is 4.90 Å². The lowest BCUT2D eigenvalue weighted by Gasteiger charge is -2.34. The van der Waals surface area contributed by atoms with Crippen molar-refractivity contribution in [2.45, 2.75) is 45.3 Å². The molecule has 3 nitrogen and oxygen atoms in total. The van der Waals surface area contributed by atoms with E-state index < -0.39 is 0 Å². The Morgan fingerprint density at radius 2 is 1.95 bits per heavy atom. The number of morpholine rings is 1. The number of nitrogens with zero attached hydrogens (tertiary/aromatic N) is 2. The van der Waals surface area contributed by atoms with Crippen LogP contribution in [0.5, 0.6) is 0 Å². The van der Waals surface area contributed by atoms with Crippen LogP contribution in [0, 0.1) is 5.92 Å². The second-order valence-electron chi connectivity index (χ2n) is 7.13. The van der Waals surface area contributed by atoms with Crippen LogP contribution in [0.4, 0.5) is 5.69 Å². The minimum atomic E-state index is 0.429. The lowest BCUT2D eigenvalue weighted by atomic mass is 9.99. The van der Waals surface area contributed by atoms with Crippen molar-refractivity contribution in [3.05, 3.63) is 36.0 Å². The number of pyridine rings is 1. The third kappa shape index (κ3) is 2.58. The maximum absolute atomic E-state index is 5.96. The minimum Gasteiger partial charge on any atom is -0.371 e. The molecule has 0 radical (unpaired) electrons. The first-order valence-corrected chi connectivity index (χ1v) is 8.47. The Kier molecular flexibility index (Phi) is 3.53. The first kappa shape index (κ1) is 14.0. The summed E-state index contributed by atoms with van der Waals surface area (Å²) in [4.78, 5) is 7.03. The van der Waals surface area contributed by atoms with Crippen molar-refractivity contribution in [1.29, 1.82) is 0 Å². The molecule has 1 aromatic heterocycles. The summed E-state index contributed by atoms with van der Waals surface area (Å²) >= 11 is 0. The van der Waals surface area contributed by atoms with Gasteiger partial charge < -0.3 is 9.64 Å². The van der Waals surface area contributed by atoms with Crippen LogP contribution in [0.1, 0.15) is 32.3 Å². The monoisotopic (exact) mass is 296 g/mol. The SMILES string of the molecule is CC(C)Cc1ccnc2ccc(N3CC4CCC(C3)O4)cc12. The Bertz CT molecular complexity index is 670. The minimum absolute atomic E-state index is 0.429. The van der Waals surface area contributed by atoms with Gasteiger partial charge in [0.25, 0.3) is 0 Å². The molecule has 2 bridgehead atoms. The molecular weight excluding hydrogens is 272 g/mol. The van der Waals surface area contributed by atoms with Crippen molar-refractivity contribution in [1.82, 2.24) is 4.98 Å². The summed E-state index contributed by atoms with van der Waals surface area (Å²) in [6.07, 6.45) is 6.34. The molecule has 2 atom stereocenters. The molecule has 22 heavy (non-hydrogen) atoms. The maximum atomic E-state index is 5.96. The van der Waals surface area contributed by atoms with Gasteiger partial charge in [0.15, 0.2) is 0 Å². The molecule has 2 aromatic rings. The highest BCUT2D eigenvalue weighted by molar-refractivity contribution is 5.85. The highest BCUT2D eigenvalue weighted by atomic mass is 16.5. The van der Waals surface area contributed by atoms with Crippen molar-refractivity contribution in [2.75, 3.05) is 18.0 Å². The van der Waals surface area contributed by atoms with Gasteiger partial charge in [-0.15, -0.1) is 0 Å². The molecule has 2 aliphatic rings. The highest BCUT2D eigenvalue weighted by Gasteiger charge is 2.33. The number of hydrogen-bond acceptors (Lipinski definition) is 3. The summed E-state index contributed by atoms with van der Waals surface area (Å²) in [7, 11) is 0. The number of fused-ring (bicyclic) bond motifs is 3. The number of benzene rings is 1. The van der Waals surface area contributed by atoms with E-state index in [1.165, 1.54) is 29.5 Å². The van der Waals surface area contributed by atoms with E-state index in [0.29, 0.717) is 18.1 Å². The highest BCUT2D eigenvalue weighted by Crippen LogP contribution is 2.31. The largest absolute Gasteiger partial charge is 0.371 e. The van der Waals surface area contributed by atoms with Crippen LogP contribution in [0.15, 0.2) is 30.5 Å². The Hall–Kier alpha value is -1.61. The third-order valence-electron chi connectivity index (χ3n) is 4.85. The molecule has 0 N–H and O–H groups in total. The summed E-state index contributed by atoms with van der Waals surface area (Å²) in [6.45, 7) is 6.61. The Labute approximate surface area is 132 Å². The molecule has 2 fully saturated rings. The molecule has 2 unspecified atom stereocenters. The van der Waals surface area contributed by atoms with Gasteiger partial charge in [0.05, 0.1) is 17.7 Å². The van der Waals surface area contributed by atoms with Gasteiger partial charge in [-0.2, -0.15) is 0 Å². The standard InChI is InChI=1S/C19H24N2O/c1-13(2)9-14-7-8-20-19-6-3-15(10-18(14)19)21-11-16-4-5-17(12-21)22-16/h3,6-8,10,13,16-17H,4-5,9,11-12H2,1-2H3. The summed E-state index contributed by atoms with van der Waals surface area (Å²) in [5, 5.41) is 1.31. The van der Waals surface area contributed by atoms with E-state index in [1.54, 1.807) is 0 Å². The first-order chi connectivity index (χ1) is 10.7. The summed E-state index contributed by atoms with van der Waals surface area (Å²) in [5.74, 6) is 0.661. The van der Waals surface area contributed by atoms with Gasteiger partial charge in [0, 0.05) is 30.4 Å². The van der Waals surface area contributed by atoms with Crippen molar-refractivity contribution in [2.24, 2.45) is 5.92 Å². The van der Waals surface area contributed by atoms with E-state index in [4.69, 9.17) is 4.74 Å². The predicted octanol–water partition coefficient (Wildman–Crippen LogP) is 3.80. The summed E-state index contributed by atoms with van der Waals surface area (Å²) < 4.78 is 5.96. The number of ether oxygens (including phenoxy) is 1. The van der Waals surface area contributed by atoms with Crippen LogP contribution in [0.25, 0.3) is 10.9 Å². The molecule has 116 valence electrons. The van der Waals surface area contributed by atoms with Gasteiger partial charge >= 0.3 is 0 Å². The average Bonchev–Trinajstić information content (AvgIpc) is 2.85. The fourth-order valence-electron chi connectivity index (χ4n) is 3.83. The van der Waals surface area contributed by atoms with Crippen LogP contribution in [-0.2, 0) is 11.2 Å². The molecule has 1 aromatic carbocycles. The molecule has 3 heteroatoms. The fourth-order valence-corrected chi connectivity index (χ4v) is 3.83. The smallest absolute Gasteiger partial charge is 0.0755 e. The number of aromatic nitrogens is 1. The van der Waals surface area contributed by atoms with Crippen LogP contribution >= 0.6 is 0 Å². The molecular formula is C19H24N2O. The molecule has 0 aliphatic carbocycles. The normalized spacial score (nSPS) is 24.4. The van der Waals surface area contributed by atoms with E-state index >= 15 is 0 Å². The van der Waals surface area contributed by atoms with E-state index in [9.17, 15) is 0 Å². The zero-order valence-electron chi connectivity index (χ0n) is 13.5. The lowest BCUT2D eigenvalue weighted by molar-refractivity contribution is 0.0305. The van der Waals surface area contributed by atoms with Crippen LogP contribution in [-0.4, -0.2) is 30.3 Å². The van der Waals surface area contributed by atoms with E-state index in [-0.39, 0.29) is 0 Å². The second kappa shape index (κ2) is 5.54. The number of anilines is 1. The van der Waals surface area contributed by atoms with E-state index in [0.717, 1.165) is 25.0 Å². The summed E-state index contributed by atoms with van der Waals surface area (Å²) in [5.41, 5.74) is 3.85. The van der Waals surface area contributed by atoms with Crippen molar-refractivity contribution < 1.29 is 4.74 Å². The second-order valence-corrected chi connectivity index (χ2v) is 7.13. The van der Waals surface area contributed by atoms with Gasteiger partial charge in [-0.3, -0.25) is 4.98 Å². The fraction of sp³-hybridized carbons (Fsp3) is 0.526. The van der Waals surface area contributed by atoms with Gasteiger partial charge in [0.1, 0.15) is 0 Å². The van der Waals surface area contributed by atoms with Gasteiger partial charge in [-0.05, 0) is 55.0 Å². The maximum Gasteiger partial charge on any atom is 0.0755 e. The molecule has 2 aliphatic heterocycles. The van der Waals surface area contributed by atoms with Gasteiger partial charge in [-0.1, -0.05) is 13.8 Å². The molecule has 3 heterocycles.